The van der Waals surface area contributed by atoms with E-state index in [1.54, 1.807) is 0 Å². The predicted molar refractivity (Wildman–Crippen MR) is 129 cm³/mol. The Labute approximate surface area is 196 Å². The summed E-state index contributed by atoms with van der Waals surface area (Å²) in [4.78, 5) is 27.3. The first-order valence-corrected chi connectivity index (χ1v) is 11.4. The van der Waals surface area contributed by atoms with E-state index in [4.69, 9.17) is 0 Å². The van der Waals surface area contributed by atoms with Crippen LogP contribution < -0.4 is 5.43 Å². The van der Waals surface area contributed by atoms with Gasteiger partial charge in [0.2, 0.25) is 5.91 Å². The molecule has 0 spiro atoms. The van der Waals surface area contributed by atoms with Crippen molar-refractivity contribution in [3.8, 4) is 0 Å². The maximum Gasteiger partial charge on any atom is 0.253 e. The van der Waals surface area contributed by atoms with Gasteiger partial charge in [0.05, 0.1) is 5.71 Å². The van der Waals surface area contributed by atoms with E-state index in [1.807, 2.05) is 89.8 Å². The first kappa shape index (κ1) is 22.0. The van der Waals surface area contributed by atoms with Crippen LogP contribution >= 0.6 is 15.9 Å². The lowest BCUT2D eigenvalue weighted by Gasteiger charge is -2.31. The van der Waals surface area contributed by atoms with Crippen molar-refractivity contribution < 1.29 is 9.59 Å². The molecule has 1 N–H and O–H groups in total. The molecule has 3 aromatic carbocycles. The maximum atomic E-state index is 12.8. The number of amides is 2. The van der Waals surface area contributed by atoms with Gasteiger partial charge in [-0.2, -0.15) is 5.10 Å². The number of carbonyl (C=O) groups excluding carboxylic acids is 2. The molecule has 0 bridgehead atoms. The highest BCUT2D eigenvalue weighted by Crippen LogP contribution is 2.20. The molecule has 1 aliphatic rings. The summed E-state index contributed by atoms with van der Waals surface area (Å²) in [6.07, 6.45) is 1.24. The number of nitrogens with one attached hydrogen (secondary N) is 1. The Balaban J connectivity index is 1.40. The molecular weight excluding hydrogens is 466 g/mol. The third kappa shape index (κ3) is 5.32. The van der Waals surface area contributed by atoms with E-state index in [9.17, 15) is 9.59 Å². The van der Waals surface area contributed by atoms with Crippen LogP contribution in [0.2, 0.25) is 0 Å². The molecule has 162 valence electrons. The van der Waals surface area contributed by atoms with E-state index in [0.29, 0.717) is 31.5 Å². The van der Waals surface area contributed by atoms with E-state index in [1.165, 1.54) is 0 Å². The van der Waals surface area contributed by atoms with E-state index in [2.05, 4.69) is 26.5 Å². The van der Waals surface area contributed by atoms with Gasteiger partial charge < -0.3 is 4.90 Å². The largest absolute Gasteiger partial charge is 0.339 e. The summed E-state index contributed by atoms with van der Waals surface area (Å²) in [5.41, 5.74) is 6.04. The second-order valence-electron chi connectivity index (χ2n) is 7.74. The molecule has 0 saturated carbocycles. The van der Waals surface area contributed by atoms with Crippen molar-refractivity contribution in [1.29, 1.82) is 0 Å². The smallest absolute Gasteiger partial charge is 0.253 e. The Hall–Kier alpha value is -3.25. The minimum absolute atomic E-state index is 0.00446. The molecular formula is C26H24BrN3O2. The number of carbonyl (C=O) groups is 2. The maximum absolute atomic E-state index is 12.8. The van der Waals surface area contributed by atoms with Crippen LogP contribution in [0.1, 0.15) is 34.3 Å². The molecule has 0 aromatic heterocycles. The second kappa shape index (κ2) is 10.4. The van der Waals surface area contributed by atoms with Gasteiger partial charge in [-0.05, 0) is 37.1 Å². The number of likely N-dealkylation sites (tertiary alicyclic amines) is 1. The molecule has 0 radical (unpaired) electrons. The number of nitrogens with zero attached hydrogens (tertiary/aromatic N) is 2. The van der Waals surface area contributed by atoms with Crippen molar-refractivity contribution >= 4 is 33.5 Å². The SMILES string of the molecule is O=C(NN=C(c1ccccc1)c1ccccc1)C1CCN(C(=O)c2ccc(Br)cc2)CC1. The third-order valence-electron chi connectivity index (χ3n) is 5.62. The van der Waals surface area contributed by atoms with Gasteiger partial charge in [0.15, 0.2) is 0 Å². The van der Waals surface area contributed by atoms with Crippen molar-refractivity contribution in [2.45, 2.75) is 12.8 Å². The minimum Gasteiger partial charge on any atom is -0.339 e. The van der Waals surface area contributed by atoms with Crippen LogP contribution in [0, 0.1) is 5.92 Å². The Morgan fingerprint density at radius 2 is 1.31 bits per heavy atom. The Kier molecular flexibility index (Phi) is 7.12. The highest BCUT2D eigenvalue weighted by molar-refractivity contribution is 9.10. The van der Waals surface area contributed by atoms with Gasteiger partial charge in [-0.15, -0.1) is 0 Å². The summed E-state index contributed by atoms with van der Waals surface area (Å²) in [6, 6.07) is 27.0. The van der Waals surface area contributed by atoms with Gasteiger partial charge in [-0.3, -0.25) is 9.59 Å². The third-order valence-corrected chi connectivity index (χ3v) is 6.15. The van der Waals surface area contributed by atoms with Gasteiger partial charge in [-0.1, -0.05) is 76.6 Å². The number of piperidine rings is 1. The average molecular weight is 490 g/mol. The fraction of sp³-hybridized carbons (Fsp3) is 0.192. The number of hydrazone groups is 1. The molecule has 3 aromatic rings. The summed E-state index contributed by atoms with van der Waals surface area (Å²) >= 11 is 3.39. The zero-order valence-electron chi connectivity index (χ0n) is 17.6. The summed E-state index contributed by atoms with van der Waals surface area (Å²) < 4.78 is 0.940. The monoisotopic (exact) mass is 489 g/mol. The van der Waals surface area contributed by atoms with E-state index in [0.717, 1.165) is 21.3 Å². The molecule has 6 heteroatoms. The average Bonchev–Trinajstić information content (AvgIpc) is 2.85. The van der Waals surface area contributed by atoms with Crippen molar-refractivity contribution in [2.24, 2.45) is 11.0 Å². The fourth-order valence-electron chi connectivity index (χ4n) is 3.81. The van der Waals surface area contributed by atoms with Crippen molar-refractivity contribution in [3.63, 3.8) is 0 Å². The van der Waals surface area contributed by atoms with Crippen LogP contribution in [0.25, 0.3) is 0 Å². The Morgan fingerprint density at radius 1 is 0.781 bits per heavy atom. The normalized spacial score (nSPS) is 14.0. The molecule has 0 aliphatic carbocycles. The molecule has 1 aliphatic heterocycles. The number of hydrogen-bond acceptors (Lipinski definition) is 3. The minimum atomic E-state index is -0.166. The summed E-state index contributed by atoms with van der Waals surface area (Å²) in [6.45, 7) is 1.11. The molecule has 1 saturated heterocycles. The quantitative estimate of drug-likeness (QED) is 0.410. The first-order valence-electron chi connectivity index (χ1n) is 10.6. The van der Waals surface area contributed by atoms with Crippen LogP contribution in [0.5, 0.6) is 0 Å². The van der Waals surface area contributed by atoms with E-state index >= 15 is 0 Å². The number of rotatable bonds is 5. The summed E-state index contributed by atoms with van der Waals surface area (Å²) in [5, 5.41) is 4.48. The van der Waals surface area contributed by atoms with Crippen LogP contribution in [-0.4, -0.2) is 35.5 Å². The highest BCUT2D eigenvalue weighted by Gasteiger charge is 2.28. The molecule has 0 unspecified atom stereocenters. The molecule has 5 nitrogen and oxygen atoms in total. The van der Waals surface area contributed by atoms with Gasteiger partial charge in [-0.25, -0.2) is 5.43 Å². The zero-order chi connectivity index (χ0) is 22.3. The Bertz CT molecular complexity index is 1050. The van der Waals surface area contributed by atoms with Crippen LogP contribution in [-0.2, 0) is 4.79 Å². The number of halogens is 1. The van der Waals surface area contributed by atoms with Gasteiger partial charge in [0.25, 0.3) is 5.91 Å². The van der Waals surface area contributed by atoms with Gasteiger partial charge in [0.1, 0.15) is 0 Å². The van der Waals surface area contributed by atoms with E-state index < -0.39 is 0 Å². The van der Waals surface area contributed by atoms with Crippen molar-refractivity contribution in [3.05, 3.63) is 106 Å². The number of benzene rings is 3. The van der Waals surface area contributed by atoms with Crippen LogP contribution in [0.15, 0.2) is 94.5 Å². The molecule has 0 atom stereocenters. The fourth-order valence-corrected chi connectivity index (χ4v) is 4.07. The zero-order valence-corrected chi connectivity index (χ0v) is 19.2. The van der Waals surface area contributed by atoms with Gasteiger partial charge in [0, 0.05) is 40.2 Å². The lowest BCUT2D eigenvalue weighted by atomic mass is 9.95. The number of hydrogen-bond donors (Lipinski definition) is 1. The topological polar surface area (TPSA) is 61.8 Å². The summed E-state index contributed by atoms with van der Waals surface area (Å²) in [5.74, 6) is -0.268. The molecule has 32 heavy (non-hydrogen) atoms. The molecule has 1 heterocycles. The van der Waals surface area contributed by atoms with Crippen molar-refractivity contribution in [1.82, 2.24) is 10.3 Å². The molecule has 2 amide bonds. The lowest BCUT2D eigenvalue weighted by Crippen LogP contribution is -2.42. The van der Waals surface area contributed by atoms with Crippen LogP contribution in [0.3, 0.4) is 0 Å². The molecule has 1 fully saturated rings. The van der Waals surface area contributed by atoms with Crippen molar-refractivity contribution in [2.75, 3.05) is 13.1 Å². The molecule has 4 rings (SSSR count). The van der Waals surface area contributed by atoms with E-state index in [-0.39, 0.29) is 17.7 Å². The second-order valence-corrected chi connectivity index (χ2v) is 8.66. The lowest BCUT2D eigenvalue weighted by molar-refractivity contribution is -0.126. The predicted octanol–water partition coefficient (Wildman–Crippen LogP) is 4.87. The first-order chi connectivity index (χ1) is 15.6. The van der Waals surface area contributed by atoms with Crippen LogP contribution in [0.4, 0.5) is 0 Å². The highest BCUT2D eigenvalue weighted by atomic mass is 79.9. The van der Waals surface area contributed by atoms with Gasteiger partial charge >= 0.3 is 0 Å². The summed E-state index contributed by atoms with van der Waals surface area (Å²) in [7, 11) is 0. The standard InChI is InChI=1S/C26H24BrN3O2/c27-23-13-11-22(12-14-23)26(32)30-17-15-21(16-18-30)25(31)29-28-24(19-7-3-1-4-8-19)20-9-5-2-6-10-20/h1-14,21H,15-18H2,(H,29,31). The Morgan fingerprint density at radius 3 is 1.84 bits per heavy atom.